The molecule has 0 saturated heterocycles. The number of para-hydroxylation sites is 1. The average Bonchev–Trinajstić information content (AvgIpc) is 3.38. The molecule has 0 saturated carbocycles. The lowest BCUT2D eigenvalue weighted by atomic mass is 9.95. The number of hydrogen-bond acceptors (Lipinski definition) is 9. The van der Waals surface area contributed by atoms with Crippen LogP contribution in [-0.4, -0.2) is 63.1 Å². The van der Waals surface area contributed by atoms with Crippen LogP contribution in [0.2, 0.25) is 0 Å². The van der Waals surface area contributed by atoms with Crippen LogP contribution in [0.3, 0.4) is 0 Å². The second kappa shape index (κ2) is 11.7. The summed E-state index contributed by atoms with van der Waals surface area (Å²) in [4.78, 5) is 43.0. The van der Waals surface area contributed by atoms with E-state index in [0.29, 0.717) is 24.4 Å². The number of aryl methyl sites for hydroxylation is 1. The van der Waals surface area contributed by atoms with E-state index in [1.54, 1.807) is 11.7 Å². The van der Waals surface area contributed by atoms with Crippen molar-refractivity contribution >= 4 is 65.5 Å². The third-order valence-corrected chi connectivity index (χ3v) is 9.49. The zero-order chi connectivity index (χ0) is 26.6. The molecule has 0 fully saturated rings. The molecule has 0 unspecified atom stereocenters. The number of anilines is 1. The average molecular weight is 566 g/mol. The maximum absolute atomic E-state index is 12.7. The summed E-state index contributed by atoms with van der Waals surface area (Å²) in [6.45, 7) is 0.829. The van der Waals surface area contributed by atoms with Crippen LogP contribution in [0.4, 0.5) is 5.00 Å². The fraction of sp³-hybridized carbons (Fsp3) is 0.417. The van der Waals surface area contributed by atoms with Crippen molar-refractivity contribution in [2.24, 2.45) is 4.99 Å². The number of esters is 1. The van der Waals surface area contributed by atoms with Crippen molar-refractivity contribution in [3.63, 3.8) is 0 Å². The van der Waals surface area contributed by atoms with Crippen molar-refractivity contribution in [3.05, 3.63) is 45.1 Å². The molecule has 198 valence electrons. The maximum Gasteiger partial charge on any atom is 0.341 e. The third-order valence-electron chi connectivity index (χ3n) is 5.84. The summed E-state index contributed by atoms with van der Waals surface area (Å²) < 4.78 is 38.1. The first-order chi connectivity index (χ1) is 17.7. The van der Waals surface area contributed by atoms with E-state index in [1.165, 1.54) is 29.8 Å². The number of rotatable bonds is 9. The fourth-order valence-corrected chi connectivity index (χ4v) is 7.60. The largest absolute Gasteiger partial charge is 0.465 e. The van der Waals surface area contributed by atoms with Crippen molar-refractivity contribution in [1.29, 1.82) is 0 Å². The molecule has 0 radical (unpaired) electrons. The zero-order valence-corrected chi connectivity index (χ0v) is 22.9. The Morgan fingerprint density at radius 2 is 1.84 bits per heavy atom. The normalized spacial score (nSPS) is 13.9. The van der Waals surface area contributed by atoms with Gasteiger partial charge < -0.3 is 19.4 Å². The molecule has 0 spiro atoms. The minimum Gasteiger partial charge on any atom is -0.465 e. The van der Waals surface area contributed by atoms with Crippen molar-refractivity contribution in [2.45, 2.75) is 32.2 Å². The Hall–Kier alpha value is -2.87. The SMILES string of the molecule is COCCn1c(=NC(=O)CS(=O)(=O)CC(=O)Nc2sc3c(c2C(=O)OC)CCCC3)sc2ccccc21. The number of thiazole rings is 1. The van der Waals surface area contributed by atoms with Crippen LogP contribution in [0, 0.1) is 0 Å². The number of hydrogen-bond donors (Lipinski definition) is 1. The molecular weight excluding hydrogens is 538 g/mol. The van der Waals surface area contributed by atoms with E-state index in [2.05, 4.69) is 10.3 Å². The molecule has 2 amide bonds. The highest BCUT2D eigenvalue weighted by molar-refractivity contribution is 7.92. The molecule has 0 bridgehead atoms. The van der Waals surface area contributed by atoms with E-state index in [-0.39, 0.29) is 10.6 Å². The van der Waals surface area contributed by atoms with Crippen LogP contribution in [0.25, 0.3) is 10.2 Å². The zero-order valence-electron chi connectivity index (χ0n) is 20.4. The van der Waals surface area contributed by atoms with Crippen LogP contribution < -0.4 is 10.1 Å². The van der Waals surface area contributed by atoms with Gasteiger partial charge >= 0.3 is 5.97 Å². The van der Waals surface area contributed by atoms with Gasteiger partial charge in [0.05, 0.1) is 29.5 Å². The Kier molecular flexibility index (Phi) is 8.57. The van der Waals surface area contributed by atoms with Crippen LogP contribution >= 0.6 is 22.7 Å². The van der Waals surface area contributed by atoms with Gasteiger partial charge in [-0.05, 0) is 43.4 Å². The minimum atomic E-state index is -4.12. The Balaban J connectivity index is 1.49. The lowest BCUT2D eigenvalue weighted by Gasteiger charge is -2.11. The molecule has 2 aromatic heterocycles. The van der Waals surface area contributed by atoms with Crippen molar-refractivity contribution in [2.75, 3.05) is 37.6 Å². The van der Waals surface area contributed by atoms with E-state index in [0.717, 1.165) is 39.9 Å². The van der Waals surface area contributed by atoms with E-state index >= 15 is 0 Å². The highest BCUT2D eigenvalue weighted by atomic mass is 32.2. The van der Waals surface area contributed by atoms with Crippen LogP contribution in [0.15, 0.2) is 29.3 Å². The molecule has 1 aromatic carbocycles. The highest BCUT2D eigenvalue weighted by Crippen LogP contribution is 2.38. The molecule has 13 heteroatoms. The summed E-state index contributed by atoms with van der Waals surface area (Å²) >= 11 is 2.53. The van der Waals surface area contributed by atoms with E-state index < -0.39 is 39.1 Å². The molecule has 2 heterocycles. The monoisotopic (exact) mass is 565 g/mol. The number of amides is 2. The fourth-order valence-electron chi connectivity index (χ4n) is 4.22. The van der Waals surface area contributed by atoms with Gasteiger partial charge in [-0.1, -0.05) is 23.5 Å². The number of carbonyl (C=O) groups is 3. The standard InChI is InChI=1S/C24H27N3O7S3/c1-33-12-11-27-16-8-4-6-10-18(16)36-24(27)26-20(29)14-37(31,32)13-19(28)25-22-21(23(30)34-2)15-7-3-5-9-17(15)35-22/h4,6,8,10H,3,5,7,9,11-14H2,1-2H3,(H,25,28). The molecule has 4 rings (SSSR count). The first-order valence-electron chi connectivity index (χ1n) is 11.6. The van der Waals surface area contributed by atoms with Gasteiger partial charge in [0.1, 0.15) is 16.5 Å². The molecule has 1 N–H and O–H groups in total. The summed E-state index contributed by atoms with van der Waals surface area (Å²) in [5.74, 6) is -4.09. The summed E-state index contributed by atoms with van der Waals surface area (Å²) in [5.41, 5.74) is 1.99. The highest BCUT2D eigenvalue weighted by Gasteiger charge is 2.28. The molecule has 3 aromatic rings. The summed E-state index contributed by atoms with van der Waals surface area (Å²) in [7, 11) is -1.29. The van der Waals surface area contributed by atoms with Crippen molar-refractivity contribution < 1.29 is 32.3 Å². The third kappa shape index (κ3) is 6.35. The second-order valence-corrected chi connectivity index (χ2v) is 12.7. The second-order valence-electron chi connectivity index (χ2n) is 8.49. The van der Waals surface area contributed by atoms with E-state index in [9.17, 15) is 22.8 Å². The van der Waals surface area contributed by atoms with Crippen molar-refractivity contribution in [3.8, 4) is 0 Å². The molecule has 0 aliphatic heterocycles. The first-order valence-corrected chi connectivity index (χ1v) is 15.1. The smallest absolute Gasteiger partial charge is 0.341 e. The number of aromatic nitrogens is 1. The van der Waals surface area contributed by atoms with Gasteiger partial charge in [0.15, 0.2) is 14.6 Å². The summed E-state index contributed by atoms with van der Waals surface area (Å²) in [6.07, 6.45) is 3.39. The number of fused-ring (bicyclic) bond motifs is 2. The van der Waals surface area contributed by atoms with Gasteiger partial charge in [-0.3, -0.25) is 9.59 Å². The number of ether oxygens (including phenoxy) is 2. The number of nitrogens with one attached hydrogen (secondary N) is 1. The van der Waals surface area contributed by atoms with Gasteiger partial charge in [-0.25, -0.2) is 13.2 Å². The molecule has 10 nitrogen and oxygen atoms in total. The molecular formula is C24H27N3O7S3. The Bertz CT molecular complexity index is 1520. The lowest BCUT2D eigenvalue weighted by molar-refractivity contribution is -0.115. The number of sulfone groups is 1. The van der Waals surface area contributed by atoms with Crippen LogP contribution in [0.1, 0.15) is 33.6 Å². The van der Waals surface area contributed by atoms with Gasteiger partial charge in [0, 0.05) is 18.5 Å². The van der Waals surface area contributed by atoms with Crippen LogP contribution in [0.5, 0.6) is 0 Å². The summed E-state index contributed by atoms with van der Waals surface area (Å²) in [5, 5.41) is 2.83. The van der Waals surface area contributed by atoms with Gasteiger partial charge in [-0.15, -0.1) is 11.3 Å². The lowest BCUT2D eigenvalue weighted by Crippen LogP contribution is -2.28. The Morgan fingerprint density at radius 1 is 1.08 bits per heavy atom. The Morgan fingerprint density at radius 3 is 2.59 bits per heavy atom. The molecule has 0 atom stereocenters. The molecule has 1 aliphatic carbocycles. The number of carbonyl (C=O) groups excluding carboxylic acids is 3. The first kappa shape index (κ1) is 27.2. The topological polar surface area (TPSA) is 133 Å². The predicted octanol–water partition coefficient (Wildman–Crippen LogP) is 2.56. The van der Waals surface area contributed by atoms with Gasteiger partial charge in [-0.2, -0.15) is 4.99 Å². The quantitative estimate of drug-likeness (QED) is 0.394. The molecule has 1 aliphatic rings. The number of thiophene rings is 1. The molecule has 37 heavy (non-hydrogen) atoms. The van der Waals surface area contributed by atoms with E-state index in [4.69, 9.17) is 9.47 Å². The van der Waals surface area contributed by atoms with Crippen molar-refractivity contribution in [1.82, 2.24) is 4.57 Å². The maximum atomic E-state index is 12.7. The summed E-state index contributed by atoms with van der Waals surface area (Å²) in [6, 6.07) is 7.50. The predicted molar refractivity (Wildman–Crippen MR) is 142 cm³/mol. The van der Waals surface area contributed by atoms with E-state index in [1.807, 2.05) is 24.3 Å². The van der Waals surface area contributed by atoms with Crippen LogP contribution in [-0.2, 0) is 48.3 Å². The van der Waals surface area contributed by atoms with Gasteiger partial charge in [0.25, 0.3) is 5.91 Å². The Labute approximate surface area is 221 Å². The number of nitrogens with zero attached hydrogens (tertiary/aromatic N) is 2. The number of methoxy groups -OCH3 is 2. The number of benzene rings is 1. The van der Waals surface area contributed by atoms with Gasteiger partial charge in [0.2, 0.25) is 5.91 Å². The minimum absolute atomic E-state index is 0.277.